The van der Waals surface area contributed by atoms with Gasteiger partial charge in [0.2, 0.25) is 0 Å². The average molecular weight is 242 g/mol. The molecule has 1 unspecified atom stereocenters. The molecule has 1 heterocycles. The van der Waals surface area contributed by atoms with Crippen LogP contribution in [-0.2, 0) is 0 Å². The van der Waals surface area contributed by atoms with Gasteiger partial charge in [-0.15, -0.1) is 0 Å². The quantitative estimate of drug-likeness (QED) is 0.728. The van der Waals surface area contributed by atoms with Crippen LogP contribution in [0.4, 0.5) is 10.2 Å². The van der Waals surface area contributed by atoms with Gasteiger partial charge in [0, 0.05) is 12.7 Å². The van der Waals surface area contributed by atoms with Crippen LogP contribution in [0.5, 0.6) is 0 Å². The van der Waals surface area contributed by atoms with E-state index in [0.29, 0.717) is 6.42 Å². The lowest BCUT2D eigenvalue weighted by molar-refractivity contribution is 0.0691. The zero-order valence-corrected chi connectivity index (χ0v) is 9.70. The van der Waals surface area contributed by atoms with E-state index in [2.05, 4.69) is 10.3 Å². The van der Waals surface area contributed by atoms with E-state index in [1.54, 1.807) is 13.8 Å². The number of anilines is 1. The van der Waals surface area contributed by atoms with Gasteiger partial charge in [-0.2, -0.15) is 0 Å². The minimum Gasteiger partial charge on any atom is -0.478 e. The molecular formula is C11H15FN2O3. The molecular weight excluding hydrogens is 227 g/mol. The molecule has 1 aromatic rings. The summed E-state index contributed by atoms with van der Waals surface area (Å²) in [7, 11) is 0. The molecule has 5 nitrogen and oxygen atoms in total. The number of hydrogen-bond acceptors (Lipinski definition) is 4. The van der Waals surface area contributed by atoms with Gasteiger partial charge in [-0.1, -0.05) is 6.92 Å². The average Bonchev–Trinajstić information content (AvgIpc) is 2.27. The number of nitrogens with zero attached hydrogens (tertiary/aromatic N) is 1. The van der Waals surface area contributed by atoms with E-state index in [0.717, 1.165) is 6.07 Å². The van der Waals surface area contributed by atoms with Gasteiger partial charge in [-0.3, -0.25) is 0 Å². The predicted molar refractivity (Wildman–Crippen MR) is 60.6 cm³/mol. The lowest BCUT2D eigenvalue weighted by Crippen LogP contribution is -2.33. The Morgan fingerprint density at radius 3 is 2.82 bits per heavy atom. The summed E-state index contributed by atoms with van der Waals surface area (Å²) in [6.07, 6.45) is 1.69. The van der Waals surface area contributed by atoms with Crippen LogP contribution in [0.3, 0.4) is 0 Å². The van der Waals surface area contributed by atoms with Crippen molar-refractivity contribution < 1.29 is 19.4 Å². The molecule has 3 N–H and O–H groups in total. The number of aliphatic hydroxyl groups is 1. The molecule has 0 radical (unpaired) electrons. The molecule has 0 aliphatic heterocycles. The molecule has 0 fully saturated rings. The molecule has 6 heteroatoms. The van der Waals surface area contributed by atoms with Gasteiger partial charge >= 0.3 is 5.97 Å². The molecule has 0 saturated carbocycles. The summed E-state index contributed by atoms with van der Waals surface area (Å²) >= 11 is 0. The number of carboxylic acids is 1. The SMILES string of the molecule is CCC(C)(O)CNc1nccc(C(=O)O)c1F. The van der Waals surface area contributed by atoms with Gasteiger partial charge in [-0.25, -0.2) is 14.2 Å². The van der Waals surface area contributed by atoms with E-state index < -0.39 is 23.0 Å². The van der Waals surface area contributed by atoms with Crippen LogP contribution < -0.4 is 5.32 Å². The summed E-state index contributed by atoms with van der Waals surface area (Å²) in [5.74, 6) is -2.44. The fourth-order valence-corrected chi connectivity index (χ4v) is 1.13. The number of aromatic carboxylic acids is 1. The number of pyridine rings is 1. The monoisotopic (exact) mass is 242 g/mol. The number of carbonyl (C=O) groups is 1. The number of rotatable bonds is 5. The Labute approximate surface area is 98.3 Å². The molecule has 0 spiro atoms. The molecule has 1 rings (SSSR count). The van der Waals surface area contributed by atoms with Gasteiger partial charge in [0.15, 0.2) is 11.6 Å². The summed E-state index contributed by atoms with van der Waals surface area (Å²) in [5, 5.41) is 21.0. The highest BCUT2D eigenvalue weighted by atomic mass is 19.1. The first kappa shape index (κ1) is 13.4. The highest BCUT2D eigenvalue weighted by molar-refractivity contribution is 5.88. The lowest BCUT2D eigenvalue weighted by atomic mass is 10.0. The standard InChI is InChI=1S/C11H15FN2O3/c1-3-11(2,17)6-14-9-8(12)7(10(15)16)4-5-13-9/h4-5,17H,3,6H2,1-2H3,(H,13,14)(H,15,16). The Morgan fingerprint density at radius 2 is 2.29 bits per heavy atom. The van der Waals surface area contributed by atoms with E-state index in [4.69, 9.17) is 5.11 Å². The second-order valence-electron chi connectivity index (χ2n) is 4.03. The number of aromatic nitrogens is 1. The van der Waals surface area contributed by atoms with Crippen LogP contribution in [0.1, 0.15) is 30.6 Å². The number of hydrogen-bond donors (Lipinski definition) is 3. The topological polar surface area (TPSA) is 82.5 Å². The Morgan fingerprint density at radius 1 is 1.65 bits per heavy atom. The fourth-order valence-electron chi connectivity index (χ4n) is 1.13. The molecule has 17 heavy (non-hydrogen) atoms. The second kappa shape index (κ2) is 5.09. The van der Waals surface area contributed by atoms with Crippen LogP contribution in [0.25, 0.3) is 0 Å². The van der Waals surface area contributed by atoms with Gasteiger partial charge < -0.3 is 15.5 Å². The van der Waals surface area contributed by atoms with Crippen molar-refractivity contribution in [3.05, 3.63) is 23.6 Å². The molecule has 0 aliphatic rings. The van der Waals surface area contributed by atoms with Gasteiger partial charge in [0.1, 0.15) is 5.56 Å². The van der Waals surface area contributed by atoms with Crippen molar-refractivity contribution in [1.29, 1.82) is 0 Å². The maximum atomic E-state index is 13.6. The summed E-state index contributed by atoms with van der Waals surface area (Å²) in [4.78, 5) is 14.4. The van der Waals surface area contributed by atoms with E-state index >= 15 is 0 Å². The Kier molecular flexibility index (Phi) is 4.01. The molecule has 1 aromatic heterocycles. The summed E-state index contributed by atoms with van der Waals surface area (Å²) in [5.41, 5.74) is -1.44. The summed E-state index contributed by atoms with van der Waals surface area (Å²) in [6.45, 7) is 3.48. The van der Waals surface area contributed by atoms with Gasteiger partial charge in [0.25, 0.3) is 0 Å². The van der Waals surface area contributed by atoms with E-state index in [9.17, 15) is 14.3 Å². The first-order valence-electron chi connectivity index (χ1n) is 5.21. The Balaban J connectivity index is 2.86. The lowest BCUT2D eigenvalue weighted by Gasteiger charge is -2.22. The molecule has 1 atom stereocenters. The highest BCUT2D eigenvalue weighted by Crippen LogP contribution is 2.17. The third kappa shape index (κ3) is 3.39. The number of halogens is 1. The minimum atomic E-state index is -1.35. The minimum absolute atomic E-state index is 0.0937. The molecule has 0 aromatic carbocycles. The first-order valence-corrected chi connectivity index (χ1v) is 5.21. The third-order valence-corrected chi connectivity index (χ3v) is 2.52. The smallest absolute Gasteiger partial charge is 0.338 e. The van der Waals surface area contributed by atoms with Crippen molar-refractivity contribution in [1.82, 2.24) is 4.98 Å². The maximum Gasteiger partial charge on any atom is 0.338 e. The number of carboxylic acid groups (broad SMARTS) is 1. The number of nitrogens with one attached hydrogen (secondary N) is 1. The summed E-state index contributed by atoms with van der Waals surface area (Å²) < 4.78 is 13.6. The van der Waals surface area contributed by atoms with Crippen molar-refractivity contribution in [2.45, 2.75) is 25.9 Å². The van der Waals surface area contributed by atoms with Crippen LogP contribution in [0.2, 0.25) is 0 Å². The first-order chi connectivity index (χ1) is 7.87. The van der Waals surface area contributed by atoms with Crippen molar-refractivity contribution in [3.63, 3.8) is 0 Å². The highest BCUT2D eigenvalue weighted by Gasteiger charge is 2.20. The van der Waals surface area contributed by atoms with Crippen LogP contribution in [0, 0.1) is 5.82 Å². The Hall–Kier alpha value is -1.69. The van der Waals surface area contributed by atoms with Crippen LogP contribution in [0.15, 0.2) is 12.3 Å². The van der Waals surface area contributed by atoms with Crippen molar-refractivity contribution in [2.24, 2.45) is 0 Å². The van der Waals surface area contributed by atoms with Crippen molar-refractivity contribution >= 4 is 11.8 Å². The van der Waals surface area contributed by atoms with Gasteiger partial charge in [0.05, 0.1) is 5.60 Å². The molecule has 0 bridgehead atoms. The van der Waals surface area contributed by atoms with Gasteiger partial charge in [-0.05, 0) is 19.4 Å². The van der Waals surface area contributed by atoms with E-state index in [-0.39, 0.29) is 12.4 Å². The Bertz CT molecular complexity index is 421. The summed E-state index contributed by atoms with van der Waals surface area (Å²) in [6, 6.07) is 1.08. The predicted octanol–water partition coefficient (Wildman–Crippen LogP) is 1.49. The fraction of sp³-hybridized carbons (Fsp3) is 0.455. The molecule has 94 valence electrons. The normalized spacial score (nSPS) is 14.1. The molecule has 0 aliphatic carbocycles. The molecule has 0 saturated heterocycles. The zero-order valence-electron chi connectivity index (χ0n) is 9.70. The van der Waals surface area contributed by atoms with Crippen LogP contribution >= 0.6 is 0 Å². The second-order valence-corrected chi connectivity index (χ2v) is 4.03. The maximum absolute atomic E-state index is 13.6. The van der Waals surface area contributed by atoms with E-state index in [1.165, 1.54) is 6.20 Å². The van der Waals surface area contributed by atoms with Crippen LogP contribution in [-0.4, -0.2) is 33.3 Å². The molecule has 0 amide bonds. The van der Waals surface area contributed by atoms with Crippen molar-refractivity contribution in [3.8, 4) is 0 Å². The van der Waals surface area contributed by atoms with Crippen molar-refractivity contribution in [2.75, 3.05) is 11.9 Å². The largest absolute Gasteiger partial charge is 0.478 e. The van der Waals surface area contributed by atoms with E-state index in [1.807, 2.05) is 0 Å². The third-order valence-electron chi connectivity index (χ3n) is 2.52. The zero-order chi connectivity index (χ0) is 13.1.